The molecule has 1 atom stereocenters. The molecular formula is C14H12BrF2NO. The maximum Gasteiger partial charge on any atom is 0.129 e. The van der Waals surface area contributed by atoms with Crippen molar-refractivity contribution in [3.63, 3.8) is 0 Å². The molecule has 0 aliphatic heterocycles. The van der Waals surface area contributed by atoms with E-state index in [0.717, 1.165) is 0 Å². The fourth-order valence-corrected chi connectivity index (χ4v) is 2.08. The van der Waals surface area contributed by atoms with Crippen LogP contribution >= 0.6 is 15.9 Å². The summed E-state index contributed by atoms with van der Waals surface area (Å²) in [5, 5.41) is 12.8. The number of halogens is 3. The highest BCUT2D eigenvalue weighted by atomic mass is 79.9. The molecule has 0 amide bonds. The molecule has 1 unspecified atom stereocenters. The number of benzene rings is 2. The fourth-order valence-electron chi connectivity index (χ4n) is 1.69. The topological polar surface area (TPSA) is 32.3 Å². The van der Waals surface area contributed by atoms with Gasteiger partial charge in [0, 0.05) is 16.6 Å². The van der Waals surface area contributed by atoms with E-state index in [1.165, 1.54) is 24.3 Å². The van der Waals surface area contributed by atoms with Crippen molar-refractivity contribution in [2.75, 3.05) is 11.9 Å². The molecule has 2 rings (SSSR count). The smallest absolute Gasteiger partial charge is 0.129 e. The van der Waals surface area contributed by atoms with Gasteiger partial charge in [0.2, 0.25) is 0 Å². The third-order valence-corrected chi connectivity index (χ3v) is 3.37. The number of hydrogen-bond donors (Lipinski definition) is 2. The van der Waals surface area contributed by atoms with E-state index in [-0.39, 0.29) is 17.9 Å². The molecule has 0 bridgehead atoms. The van der Waals surface area contributed by atoms with Gasteiger partial charge in [0.25, 0.3) is 0 Å². The number of aliphatic hydroxyl groups is 1. The monoisotopic (exact) mass is 327 g/mol. The summed E-state index contributed by atoms with van der Waals surface area (Å²) in [7, 11) is 0. The van der Waals surface area contributed by atoms with Crippen LogP contribution in [0, 0.1) is 11.6 Å². The van der Waals surface area contributed by atoms with Crippen LogP contribution in [-0.2, 0) is 0 Å². The summed E-state index contributed by atoms with van der Waals surface area (Å²) < 4.78 is 27.2. The van der Waals surface area contributed by atoms with Crippen LogP contribution in [0.2, 0.25) is 0 Å². The van der Waals surface area contributed by atoms with Gasteiger partial charge in [-0.1, -0.05) is 18.2 Å². The van der Waals surface area contributed by atoms with Crippen molar-refractivity contribution in [2.24, 2.45) is 0 Å². The lowest BCUT2D eigenvalue weighted by Gasteiger charge is -2.14. The summed E-state index contributed by atoms with van der Waals surface area (Å²) in [5.74, 6) is -0.846. The first kappa shape index (κ1) is 14.0. The first-order chi connectivity index (χ1) is 9.08. The van der Waals surface area contributed by atoms with Crippen molar-refractivity contribution in [3.05, 3.63) is 64.1 Å². The first-order valence-corrected chi connectivity index (χ1v) is 6.48. The van der Waals surface area contributed by atoms with Crippen molar-refractivity contribution >= 4 is 21.6 Å². The summed E-state index contributed by atoms with van der Waals surface area (Å²) in [6.07, 6.45) is -1.00. The lowest BCUT2D eigenvalue weighted by atomic mass is 10.1. The van der Waals surface area contributed by atoms with E-state index in [1.807, 2.05) is 0 Å². The number of hydrogen-bond acceptors (Lipinski definition) is 2. The normalized spacial score (nSPS) is 12.2. The number of rotatable bonds is 4. The third-order valence-electron chi connectivity index (χ3n) is 2.68. The van der Waals surface area contributed by atoms with E-state index in [4.69, 9.17) is 0 Å². The third kappa shape index (κ3) is 3.52. The Morgan fingerprint density at radius 2 is 1.89 bits per heavy atom. The van der Waals surface area contributed by atoms with Crippen LogP contribution < -0.4 is 5.32 Å². The van der Waals surface area contributed by atoms with Gasteiger partial charge < -0.3 is 10.4 Å². The summed E-state index contributed by atoms with van der Waals surface area (Å²) in [6.45, 7) is 0.0863. The van der Waals surface area contributed by atoms with Crippen LogP contribution in [0.5, 0.6) is 0 Å². The Morgan fingerprint density at radius 3 is 2.63 bits per heavy atom. The molecule has 2 aromatic rings. The quantitative estimate of drug-likeness (QED) is 0.893. The largest absolute Gasteiger partial charge is 0.386 e. The van der Waals surface area contributed by atoms with Crippen molar-refractivity contribution in [1.29, 1.82) is 0 Å². The zero-order chi connectivity index (χ0) is 13.8. The van der Waals surface area contributed by atoms with Crippen LogP contribution in [0.3, 0.4) is 0 Å². The summed E-state index contributed by atoms with van der Waals surface area (Å²) in [4.78, 5) is 0. The average molecular weight is 328 g/mol. The Bertz CT molecular complexity index is 577. The van der Waals surface area contributed by atoms with Crippen LogP contribution in [0.15, 0.2) is 46.9 Å². The van der Waals surface area contributed by atoms with Gasteiger partial charge in [0.1, 0.15) is 11.6 Å². The molecule has 0 aromatic heterocycles. The van der Waals surface area contributed by atoms with Gasteiger partial charge in [-0.05, 0) is 40.2 Å². The van der Waals surface area contributed by atoms with E-state index < -0.39 is 11.9 Å². The highest BCUT2D eigenvalue weighted by molar-refractivity contribution is 9.10. The predicted octanol–water partition coefficient (Wildman–Crippen LogP) is 3.87. The molecule has 19 heavy (non-hydrogen) atoms. The van der Waals surface area contributed by atoms with Crippen molar-refractivity contribution in [3.8, 4) is 0 Å². The number of aliphatic hydroxyl groups excluding tert-OH is 1. The van der Waals surface area contributed by atoms with E-state index in [1.54, 1.807) is 18.2 Å². The summed E-state index contributed by atoms with van der Waals surface area (Å²) >= 11 is 3.27. The van der Waals surface area contributed by atoms with Gasteiger partial charge in [-0.15, -0.1) is 0 Å². The van der Waals surface area contributed by atoms with Gasteiger partial charge in [-0.3, -0.25) is 0 Å². The molecule has 2 aromatic carbocycles. The summed E-state index contributed by atoms with van der Waals surface area (Å²) in [5.41, 5.74) is 0.720. The van der Waals surface area contributed by atoms with E-state index in [2.05, 4.69) is 21.2 Å². The maximum absolute atomic E-state index is 13.5. The Balaban J connectivity index is 2.06. The molecule has 2 nitrogen and oxygen atoms in total. The van der Waals surface area contributed by atoms with Crippen LogP contribution in [0.25, 0.3) is 0 Å². The Kier molecular flexibility index (Phi) is 4.50. The van der Waals surface area contributed by atoms with E-state index in [0.29, 0.717) is 10.2 Å². The van der Waals surface area contributed by atoms with Crippen molar-refractivity contribution < 1.29 is 13.9 Å². The lowest BCUT2D eigenvalue weighted by molar-refractivity contribution is 0.186. The molecule has 0 radical (unpaired) electrons. The Hall–Kier alpha value is -1.46. The summed E-state index contributed by atoms with van der Waals surface area (Å²) in [6, 6.07) is 10.2. The second-order valence-electron chi connectivity index (χ2n) is 4.04. The molecule has 0 saturated carbocycles. The molecule has 2 N–H and O–H groups in total. The van der Waals surface area contributed by atoms with Gasteiger partial charge in [0.05, 0.1) is 11.8 Å². The molecule has 0 heterocycles. The standard InChI is InChI=1S/C14H12BrF2NO/c15-11-6-5-9(16)7-13(11)18-8-14(19)10-3-1-2-4-12(10)17/h1-7,14,18-19H,8H2. The molecular weight excluding hydrogens is 316 g/mol. The minimum atomic E-state index is -1.00. The second-order valence-corrected chi connectivity index (χ2v) is 4.90. The predicted molar refractivity (Wildman–Crippen MR) is 73.9 cm³/mol. The minimum Gasteiger partial charge on any atom is -0.386 e. The highest BCUT2D eigenvalue weighted by Gasteiger charge is 2.12. The highest BCUT2D eigenvalue weighted by Crippen LogP contribution is 2.24. The van der Waals surface area contributed by atoms with Crippen molar-refractivity contribution in [1.82, 2.24) is 0 Å². The van der Waals surface area contributed by atoms with Crippen molar-refractivity contribution in [2.45, 2.75) is 6.10 Å². The zero-order valence-corrected chi connectivity index (χ0v) is 11.5. The molecule has 0 saturated heterocycles. The molecule has 0 fully saturated rings. The molecule has 100 valence electrons. The van der Waals surface area contributed by atoms with Gasteiger partial charge in [0.15, 0.2) is 0 Å². The second kappa shape index (κ2) is 6.12. The lowest BCUT2D eigenvalue weighted by Crippen LogP contribution is -2.13. The maximum atomic E-state index is 13.5. The Labute approximate surface area is 118 Å². The first-order valence-electron chi connectivity index (χ1n) is 5.69. The molecule has 0 spiro atoms. The SMILES string of the molecule is OC(CNc1cc(F)ccc1Br)c1ccccc1F. The van der Waals surface area contributed by atoms with Gasteiger partial charge in [-0.25, -0.2) is 8.78 Å². The van der Waals surface area contributed by atoms with Crippen LogP contribution in [-0.4, -0.2) is 11.7 Å². The minimum absolute atomic E-state index is 0.0863. The number of anilines is 1. The van der Waals surface area contributed by atoms with Crippen LogP contribution in [0.1, 0.15) is 11.7 Å². The van der Waals surface area contributed by atoms with E-state index in [9.17, 15) is 13.9 Å². The van der Waals surface area contributed by atoms with Gasteiger partial charge >= 0.3 is 0 Å². The Morgan fingerprint density at radius 1 is 1.16 bits per heavy atom. The number of nitrogens with one attached hydrogen (secondary N) is 1. The molecule has 5 heteroatoms. The zero-order valence-electron chi connectivity index (χ0n) is 9.91. The van der Waals surface area contributed by atoms with Crippen LogP contribution in [0.4, 0.5) is 14.5 Å². The van der Waals surface area contributed by atoms with Gasteiger partial charge in [-0.2, -0.15) is 0 Å². The molecule has 0 aliphatic rings. The van der Waals surface area contributed by atoms with E-state index >= 15 is 0 Å². The molecule has 0 aliphatic carbocycles. The fraction of sp³-hybridized carbons (Fsp3) is 0.143. The average Bonchev–Trinajstić information content (AvgIpc) is 2.40.